The Bertz CT molecular complexity index is 302. The Labute approximate surface area is 117 Å². The van der Waals surface area contributed by atoms with Crippen molar-refractivity contribution in [1.82, 2.24) is 5.32 Å². The fraction of sp³-hybridized carbons (Fsp3) is 0.938. The molecule has 0 bridgehead atoms. The van der Waals surface area contributed by atoms with E-state index >= 15 is 0 Å². The van der Waals surface area contributed by atoms with Gasteiger partial charge in [0, 0.05) is 12.6 Å². The number of ether oxygens (including phenoxy) is 1. The Morgan fingerprint density at radius 3 is 2.53 bits per heavy atom. The van der Waals surface area contributed by atoms with Gasteiger partial charge in [0.2, 0.25) is 0 Å². The summed E-state index contributed by atoms with van der Waals surface area (Å²) in [6, 6.07) is 3.10. The van der Waals surface area contributed by atoms with E-state index in [4.69, 9.17) is 4.74 Å². The number of nitriles is 1. The molecule has 0 saturated heterocycles. The van der Waals surface area contributed by atoms with Gasteiger partial charge in [-0.15, -0.1) is 0 Å². The second kappa shape index (κ2) is 7.26. The minimum absolute atomic E-state index is 0.308. The Morgan fingerprint density at radius 1 is 1.21 bits per heavy atom. The highest BCUT2D eigenvalue weighted by Gasteiger charge is 2.34. The summed E-state index contributed by atoms with van der Waals surface area (Å²) in [5.41, 5.74) is -0.308. The molecule has 19 heavy (non-hydrogen) atoms. The van der Waals surface area contributed by atoms with Gasteiger partial charge < -0.3 is 4.74 Å². The van der Waals surface area contributed by atoms with Crippen LogP contribution in [-0.2, 0) is 4.74 Å². The quantitative estimate of drug-likeness (QED) is 0.682. The zero-order chi connectivity index (χ0) is 13.6. The molecule has 2 rings (SSSR count). The predicted octanol–water partition coefficient (Wildman–Crippen LogP) is 3.54. The first-order chi connectivity index (χ1) is 9.28. The van der Waals surface area contributed by atoms with Crippen LogP contribution in [0.4, 0.5) is 0 Å². The summed E-state index contributed by atoms with van der Waals surface area (Å²) in [5, 5.41) is 13.0. The van der Waals surface area contributed by atoms with E-state index in [2.05, 4.69) is 18.3 Å². The van der Waals surface area contributed by atoms with Gasteiger partial charge in [-0.3, -0.25) is 5.32 Å². The van der Waals surface area contributed by atoms with Crippen molar-refractivity contribution in [2.24, 2.45) is 0 Å². The first kappa shape index (κ1) is 14.8. The minimum Gasteiger partial charge on any atom is -0.378 e. The van der Waals surface area contributed by atoms with Crippen LogP contribution in [0.5, 0.6) is 0 Å². The van der Waals surface area contributed by atoms with Crippen LogP contribution in [0.1, 0.15) is 71.1 Å². The van der Waals surface area contributed by atoms with Gasteiger partial charge in [0.05, 0.1) is 12.2 Å². The van der Waals surface area contributed by atoms with E-state index < -0.39 is 0 Å². The van der Waals surface area contributed by atoms with Crippen molar-refractivity contribution in [3.8, 4) is 6.07 Å². The van der Waals surface area contributed by atoms with Crippen LogP contribution in [0.25, 0.3) is 0 Å². The molecule has 3 heteroatoms. The third-order valence-electron chi connectivity index (χ3n) is 4.53. The summed E-state index contributed by atoms with van der Waals surface area (Å²) in [5.74, 6) is 0. The maximum Gasteiger partial charge on any atom is 0.106 e. The second-order valence-electron chi connectivity index (χ2n) is 6.20. The molecule has 0 aromatic carbocycles. The zero-order valence-corrected chi connectivity index (χ0v) is 12.3. The fourth-order valence-electron chi connectivity index (χ4n) is 2.99. The lowest BCUT2D eigenvalue weighted by Gasteiger charge is -2.27. The van der Waals surface area contributed by atoms with Crippen molar-refractivity contribution >= 4 is 0 Å². The normalized spacial score (nSPS) is 23.8. The minimum atomic E-state index is -0.308. The van der Waals surface area contributed by atoms with Crippen LogP contribution in [0, 0.1) is 11.3 Å². The fourth-order valence-corrected chi connectivity index (χ4v) is 2.99. The van der Waals surface area contributed by atoms with Crippen LogP contribution in [0.3, 0.4) is 0 Å². The SMILES string of the molecule is CCC(C#N)(CCCOC1CCCCC1)NC1CC1. The van der Waals surface area contributed by atoms with E-state index in [9.17, 15) is 5.26 Å². The molecular formula is C16H28N2O. The van der Waals surface area contributed by atoms with Gasteiger partial charge in [0.1, 0.15) is 5.54 Å². The molecule has 0 aliphatic heterocycles. The molecule has 0 heterocycles. The van der Waals surface area contributed by atoms with Crippen LogP contribution in [0.15, 0.2) is 0 Å². The van der Waals surface area contributed by atoms with Crippen LogP contribution in [0.2, 0.25) is 0 Å². The Morgan fingerprint density at radius 2 is 1.95 bits per heavy atom. The lowest BCUT2D eigenvalue weighted by atomic mass is 9.92. The predicted molar refractivity (Wildman–Crippen MR) is 76.9 cm³/mol. The molecule has 3 nitrogen and oxygen atoms in total. The topological polar surface area (TPSA) is 45.0 Å². The summed E-state index contributed by atoms with van der Waals surface area (Å²) in [6.07, 6.45) is 12.3. The highest BCUT2D eigenvalue weighted by Crippen LogP contribution is 2.27. The number of hydrogen-bond acceptors (Lipinski definition) is 3. The van der Waals surface area contributed by atoms with Crippen molar-refractivity contribution in [2.45, 2.75) is 88.8 Å². The molecule has 2 saturated carbocycles. The van der Waals surface area contributed by atoms with E-state index in [0.717, 1.165) is 25.9 Å². The van der Waals surface area contributed by atoms with E-state index in [1.807, 2.05) is 0 Å². The molecular weight excluding hydrogens is 236 g/mol. The second-order valence-corrected chi connectivity index (χ2v) is 6.20. The van der Waals surface area contributed by atoms with Crippen molar-refractivity contribution in [3.63, 3.8) is 0 Å². The van der Waals surface area contributed by atoms with Crippen LogP contribution >= 0.6 is 0 Å². The molecule has 0 radical (unpaired) electrons. The van der Waals surface area contributed by atoms with Crippen molar-refractivity contribution < 1.29 is 4.74 Å². The maximum atomic E-state index is 9.45. The van der Waals surface area contributed by atoms with Crippen LogP contribution in [-0.4, -0.2) is 24.3 Å². The standard InChI is InChI=1S/C16H28N2O/c1-2-16(13-17,18-14-9-10-14)11-6-12-19-15-7-4-3-5-8-15/h14-15,18H,2-12H2,1H3. The van der Waals surface area contributed by atoms with Gasteiger partial charge >= 0.3 is 0 Å². The molecule has 0 aromatic heterocycles. The molecule has 1 atom stereocenters. The molecule has 2 aliphatic carbocycles. The van der Waals surface area contributed by atoms with Crippen molar-refractivity contribution in [1.29, 1.82) is 5.26 Å². The highest BCUT2D eigenvalue weighted by molar-refractivity contribution is 5.09. The molecule has 2 aliphatic rings. The van der Waals surface area contributed by atoms with Gasteiger partial charge in [-0.1, -0.05) is 26.2 Å². The lowest BCUT2D eigenvalue weighted by molar-refractivity contribution is 0.0244. The molecule has 0 spiro atoms. The highest BCUT2D eigenvalue weighted by atomic mass is 16.5. The molecule has 1 N–H and O–H groups in total. The molecule has 108 valence electrons. The maximum absolute atomic E-state index is 9.45. The van der Waals surface area contributed by atoms with Crippen molar-refractivity contribution in [3.05, 3.63) is 0 Å². The van der Waals surface area contributed by atoms with Crippen LogP contribution < -0.4 is 5.32 Å². The van der Waals surface area contributed by atoms with E-state index in [1.165, 1.54) is 44.9 Å². The van der Waals surface area contributed by atoms with Gasteiger partial charge in [-0.05, 0) is 44.9 Å². The number of nitrogens with one attached hydrogen (secondary N) is 1. The molecule has 0 amide bonds. The van der Waals surface area contributed by atoms with Crippen molar-refractivity contribution in [2.75, 3.05) is 6.61 Å². The van der Waals surface area contributed by atoms with Gasteiger partial charge in [0.25, 0.3) is 0 Å². The molecule has 0 aromatic rings. The van der Waals surface area contributed by atoms with Gasteiger partial charge in [0.15, 0.2) is 0 Å². The van der Waals surface area contributed by atoms with E-state index in [1.54, 1.807) is 0 Å². The first-order valence-electron chi connectivity index (χ1n) is 8.08. The average molecular weight is 264 g/mol. The van der Waals surface area contributed by atoms with E-state index in [-0.39, 0.29) is 5.54 Å². The number of nitrogens with zero attached hydrogens (tertiary/aromatic N) is 1. The third kappa shape index (κ3) is 4.78. The Balaban J connectivity index is 1.65. The lowest BCUT2D eigenvalue weighted by Crippen LogP contribution is -2.44. The summed E-state index contributed by atoms with van der Waals surface area (Å²) >= 11 is 0. The van der Waals surface area contributed by atoms with E-state index in [0.29, 0.717) is 12.1 Å². The third-order valence-corrected chi connectivity index (χ3v) is 4.53. The molecule has 1 unspecified atom stereocenters. The molecule has 2 fully saturated rings. The smallest absolute Gasteiger partial charge is 0.106 e. The number of hydrogen-bond donors (Lipinski definition) is 1. The largest absolute Gasteiger partial charge is 0.378 e. The summed E-state index contributed by atoms with van der Waals surface area (Å²) in [4.78, 5) is 0. The Kier molecular flexibility index (Phi) is 5.66. The Hall–Kier alpha value is -0.590. The van der Waals surface area contributed by atoms with Gasteiger partial charge in [-0.2, -0.15) is 5.26 Å². The van der Waals surface area contributed by atoms with Gasteiger partial charge in [-0.25, -0.2) is 0 Å². The summed E-state index contributed by atoms with van der Waals surface area (Å²) in [7, 11) is 0. The number of rotatable bonds is 8. The summed E-state index contributed by atoms with van der Waals surface area (Å²) < 4.78 is 5.95. The zero-order valence-electron chi connectivity index (χ0n) is 12.3. The summed E-state index contributed by atoms with van der Waals surface area (Å²) in [6.45, 7) is 2.93. The average Bonchev–Trinajstić information content (AvgIpc) is 3.27. The first-order valence-corrected chi connectivity index (χ1v) is 8.08. The monoisotopic (exact) mass is 264 g/mol.